The molecule has 6 heteroatoms. The smallest absolute Gasteiger partial charge is 0.261 e. The van der Waals surface area contributed by atoms with Crippen LogP contribution in [0.25, 0.3) is 11.5 Å². The third-order valence-electron chi connectivity index (χ3n) is 4.00. The first kappa shape index (κ1) is 14.6. The molecule has 0 spiro atoms. The summed E-state index contributed by atoms with van der Waals surface area (Å²) in [5.74, 6) is 0.371. The van der Waals surface area contributed by atoms with Crippen molar-refractivity contribution in [1.29, 1.82) is 0 Å². The molecule has 0 radical (unpaired) electrons. The molecule has 1 atom stereocenters. The zero-order valence-corrected chi connectivity index (χ0v) is 12.5. The summed E-state index contributed by atoms with van der Waals surface area (Å²) < 4.78 is 5.25. The number of aromatic nitrogens is 1. The number of likely N-dealkylation sites (N-methyl/N-ethyl adjacent to an activating group) is 1. The van der Waals surface area contributed by atoms with Crippen LogP contribution in [-0.4, -0.2) is 42.0 Å². The Morgan fingerprint density at radius 2 is 2.32 bits per heavy atom. The molecule has 0 saturated carbocycles. The van der Waals surface area contributed by atoms with E-state index in [9.17, 15) is 9.59 Å². The first-order valence-electron chi connectivity index (χ1n) is 7.43. The van der Waals surface area contributed by atoms with Crippen molar-refractivity contribution < 1.29 is 9.21 Å². The van der Waals surface area contributed by atoms with Crippen LogP contribution < -0.4 is 10.9 Å². The highest BCUT2D eigenvalue weighted by atomic mass is 16.3. The van der Waals surface area contributed by atoms with Crippen LogP contribution in [0.15, 0.2) is 39.7 Å². The Bertz CT molecular complexity index is 706. The summed E-state index contributed by atoms with van der Waals surface area (Å²) in [5, 5.41) is 3.10. The van der Waals surface area contributed by atoms with E-state index in [1.165, 1.54) is 0 Å². The third kappa shape index (κ3) is 2.69. The lowest BCUT2D eigenvalue weighted by Gasteiger charge is -2.24. The number of aromatic amines is 1. The van der Waals surface area contributed by atoms with Gasteiger partial charge in [-0.15, -0.1) is 0 Å². The Kier molecular flexibility index (Phi) is 4.11. The van der Waals surface area contributed by atoms with Gasteiger partial charge in [-0.05, 0) is 44.2 Å². The fraction of sp³-hybridized carbons (Fsp3) is 0.375. The number of carbonyl (C=O) groups excluding carboxylic acids is 1. The number of furan rings is 1. The highest BCUT2D eigenvalue weighted by Gasteiger charge is 2.30. The third-order valence-corrected chi connectivity index (χ3v) is 4.00. The first-order chi connectivity index (χ1) is 10.7. The number of hydrogen-bond donors (Lipinski definition) is 2. The molecular weight excluding hydrogens is 282 g/mol. The summed E-state index contributed by atoms with van der Waals surface area (Å²) >= 11 is 0. The zero-order valence-electron chi connectivity index (χ0n) is 12.5. The maximum Gasteiger partial charge on any atom is 0.261 e. The van der Waals surface area contributed by atoms with Crippen molar-refractivity contribution in [3.05, 3.63) is 46.4 Å². The second-order valence-electron chi connectivity index (χ2n) is 5.44. The van der Waals surface area contributed by atoms with E-state index in [0.29, 0.717) is 18.0 Å². The minimum absolute atomic E-state index is 0.154. The van der Waals surface area contributed by atoms with Crippen molar-refractivity contribution in [3.8, 4) is 11.5 Å². The lowest BCUT2D eigenvalue weighted by molar-refractivity contribution is 0.0735. The minimum atomic E-state index is -0.381. The van der Waals surface area contributed by atoms with Gasteiger partial charge in [0.2, 0.25) is 0 Å². The highest BCUT2D eigenvalue weighted by Crippen LogP contribution is 2.20. The molecule has 1 aliphatic rings. The number of likely N-dealkylation sites (tertiary alicyclic amines) is 1. The van der Waals surface area contributed by atoms with E-state index in [4.69, 9.17) is 4.42 Å². The number of pyridine rings is 1. The number of rotatable bonds is 4. The Morgan fingerprint density at radius 1 is 1.45 bits per heavy atom. The number of H-pyrrole nitrogens is 1. The van der Waals surface area contributed by atoms with E-state index in [-0.39, 0.29) is 23.1 Å². The summed E-state index contributed by atoms with van der Waals surface area (Å²) in [6.45, 7) is 1.44. The van der Waals surface area contributed by atoms with Gasteiger partial charge in [0.1, 0.15) is 11.3 Å². The SMILES string of the molecule is CNCC1CCCN1C(=O)c1ccc(-c2ccco2)[nH]c1=O. The van der Waals surface area contributed by atoms with Crippen molar-refractivity contribution in [2.75, 3.05) is 20.1 Å². The van der Waals surface area contributed by atoms with E-state index in [1.54, 1.807) is 35.4 Å². The number of hydrogen-bond acceptors (Lipinski definition) is 4. The van der Waals surface area contributed by atoms with Crippen molar-refractivity contribution in [1.82, 2.24) is 15.2 Å². The van der Waals surface area contributed by atoms with Gasteiger partial charge in [-0.3, -0.25) is 9.59 Å². The molecule has 2 aromatic rings. The molecule has 1 fully saturated rings. The Hall–Kier alpha value is -2.34. The lowest BCUT2D eigenvalue weighted by Crippen LogP contribution is -2.42. The van der Waals surface area contributed by atoms with E-state index >= 15 is 0 Å². The Morgan fingerprint density at radius 3 is 3.00 bits per heavy atom. The maximum absolute atomic E-state index is 12.6. The molecule has 0 bridgehead atoms. The molecule has 6 nitrogen and oxygen atoms in total. The van der Waals surface area contributed by atoms with E-state index in [2.05, 4.69) is 10.3 Å². The average molecular weight is 301 g/mol. The fourth-order valence-corrected chi connectivity index (χ4v) is 2.92. The second-order valence-corrected chi connectivity index (χ2v) is 5.44. The minimum Gasteiger partial charge on any atom is -0.463 e. The molecule has 1 aliphatic heterocycles. The topological polar surface area (TPSA) is 78.3 Å². The molecule has 3 rings (SSSR count). The van der Waals surface area contributed by atoms with Crippen LogP contribution in [0, 0.1) is 0 Å². The van der Waals surface area contributed by atoms with Crippen LogP contribution in [0.5, 0.6) is 0 Å². The van der Waals surface area contributed by atoms with Crippen molar-refractivity contribution >= 4 is 5.91 Å². The quantitative estimate of drug-likeness (QED) is 0.896. The summed E-state index contributed by atoms with van der Waals surface area (Å²) in [4.78, 5) is 29.3. The van der Waals surface area contributed by atoms with Gasteiger partial charge in [0, 0.05) is 19.1 Å². The fourth-order valence-electron chi connectivity index (χ4n) is 2.92. The molecule has 2 N–H and O–H groups in total. The summed E-state index contributed by atoms with van der Waals surface area (Å²) in [6.07, 6.45) is 3.48. The number of amides is 1. The monoisotopic (exact) mass is 301 g/mol. The highest BCUT2D eigenvalue weighted by molar-refractivity contribution is 5.94. The molecule has 0 aliphatic carbocycles. The van der Waals surface area contributed by atoms with E-state index in [1.807, 2.05) is 7.05 Å². The molecule has 22 heavy (non-hydrogen) atoms. The first-order valence-corrected chi connectivity index (χ1v) is 7.43. The molecule has 0 aromatic carbocycles. The predicted molar refractivity (Wildman–Crippen MR) is 82.7 cm³/mol. The van der Waals surface area contributed by atoms with Crippen LogP contribution in [-0.2, 0) is 0 Å². The Balaban J connectivity index is 1.86. The molecule has 116 valence electrons. The van der Waals surface area contributed by atoms with E-state index in [0.717, 1.165) is 19.4 Å². The number of nitrogens with zero attached hydrogens (tertiary/aromatic N) is 1. The van der Waals surface area contributed by atoms with Gasteiger partial charge in [-0.25, -0.2) is 0 Å². The normalized spacial score (nSPS) is 17.9. The van der Waals surface area contributed by atoms with Crippen molar-refractivity contribution in [2.24, 2.45) is 0 Å². The van der Waals surface area contributed by atoms with Crippen molar-refractivity contribution in [3.63, 3.8) is 0 Å². The number of nitrogens with one attached hydrogen (secondary N) is 2. The Labute approximate surface area is 128 Å². The van der Waals surface area contributed by atoms with Gasteiger partial charge in [0.05, 0.1) is 12.0 Å². The van der Waals surface area contributed by atoms with Gasteiger partial charge in [0.25, 0.3) is 11.5 Å². The largest absolute Gasteiger partial charge is 0.463 e. The number of carbonyl (C=O) groups is 1. The summed E-state index contributed by atoms with van der Waals surface area (Å²) in [5.41, 5.74) is 0.368. The van der Waals surface area contributed by atoms with Crippen LogP contribution in [0.2, 0.25) is 0 Å². The lowest BCUT2D eigenvalue weighted by atomic mass is 10.1. The molecular formula is C16H19N3O3. The molecule has 1 amide bonds. The average Bonchev–Trinajstić information content (AvgIpc) is 3.18. The van der Waals surface area contributed by atoms with E-state index < -0.39 is 0 Å². The van der Waals surface area contributed by atoms with Crippen LogP contribution in [0.1, 0.15) is 23.2 Å². The van der Waals surface area contributed by atoms with Gasteiger partial charge >= 0.3 is 0 Å². The molecule has 3 heterocycles. The molecule has 2 aromatic heterocycles. The van der Waals surface area contributed by atoms with Crippen LogP contribution >= 0.6 is 0 Å². The van der Waals surface area contributed by atoms with Gasteiger partial charge in [-0.1, -0.05) is 0 Å². The van der Waals surface area contributed by atoms with Gasteiger partial charge in [0.15, 0.2) is 0 Å². The molecule has 1 saturated heterocycles. The zero-order chi connectivity index (χ0) is 15.5. The molecule has 1 unspecified atom stereocenters. The second kappa shape index (κ2) is 6.19. The maximum atomic E-state index is 12.6. The summed E-state index contributed by atoms with van der Waals surface area (Å²) in [7, 11) is 1.87. The van der Waals surface area contributed by atoms with Crippen LogP contribution in [0.4, 0.5) is 0 Å². The summed E-state index contributed by atoms with van der Waals surface area (Å²) in [6, 6.07) is 6.95. The van der Waals surface area contributed by atoms with Crippen LogP contribution in [0.3, 0.4) is 0 Å². The van der Waals surface area contributed by atoms with Crippen molar-refractivity contribution in [2.45, 2.75) is 18.9 Å². The van der Waals surface area contributed by atoms with Gasteiger partial charge in [-0.2, -0.15) is 0 Å². The van der Waals surface area contributed by atoms with Gasteiger partial charge < -0.3 is 19.6 Å². The predicted octanol–water partition coefficient (Wildman–Crippen LogP) is 1.46. The standard InChI is InChI=1S/C16H19N3O3/c1-17-10-11-4-2-8-19(11)16(21)12-6-7-13(18-15(12)20)14-5-3-9-22-14/h3,5-7,9,11,17H,2,4,8,10H2,1H3,(H,18,20).